The number of rotatable bonds is 9. The molecule has 1 aromatic rings. The second-order valence-corrected chi connectivity index (χ2v) is 4.57. The Morgan fingerprint density at radius 1 is 1.16 bits per heavy atom. The lowest BCUT2D eigenvalue weighted by atomic mass is 10.2. The molecule has 0 saturated carbocycles. The van der Waals surface area contributed by atoms with Crippen LogP contribution in [0.3, 0.4) is 0 Å². The maximum atomic E-state index is 5.64. The van der Waals surface area contributed by atoms with Gasteiger partial charge in [0.15, 0.2) is 11.5 Å². The molecule has 19 heavy (non-hydrogen) atoms. The Bertz CT molecular complexity index is 366. The van der Waals surface area contributed by atoms with E-state index in [9.17, 15) is 0 Å². The standard InChI is InChI=1S/C15H25NO3/c1-5-18-8-9-19-14-7-6-13(10-15(14)17-4)11-16-12(2)3/h6-7,10,12,16H,5,8-9,11H2,1-4H3. The summed E-state index contributed by atoms with van der Waals surface area (Å²) in [4.78, 5) is 0. The zero-order valence-electron chi connectivity index (χ0n) is 12.4. The fraction of sp³-hybridized carbons (Fsp3) is 0.600. The number of ether oxygens (including phenoxy) is 3. The molecule has 0 aliphatic heterocycles. The highest BCUT2D eigenvalue weighted by Crippen LogP contribution is 2.28. The summed E-state index contributed by atoms with van der Waals surface area (Å²) in [5.41, 5.74) is 1.18. The minimum Gasteiger partial charge on any atom is -0.493 e. The Kier molecular flexibility index (Phi) is 7.30. The van der Waals surface area contributed by atoms with Crippen molar-refractivity contribution in [3.63, 3.8) is 0 Å². The molecule has 1 aromatic carbocycles. The molecule has 0 radical (unpaired) electrons. The topological polar surface area (TPSA) is 39.7 Å². The fourth-order valence-corrected chi connectivity index (χ4v) is 1.62. The molecule has 0 unspecified atom stereocenters. The van der Waals surface area contributed by atoms with Crippen molar-refractivity contribution in [1.29, 1.82) is 0 Å². The molecular weight excluding hydrogens is 242 g/mol. The van der Waals surface area contributed by atoms with Gasteiger partial charge in [0.1, 0.15) is 6.61 Å². The average molecular weight is 267 g/mol. The first-order valence-corrected chi connectivity index (χ1v) is 6.78. The molecule has 4 nitrogen and oxygen atoms in total. The fourth-order valence-electron chi connectivity index (χ4n) is 1.62. The number of hydrogen-bond acceptors (Lipinski definition) is 4. The van der Waals surface area contributed by atoms with Crippen LogP contribution in [-0.2, 0) is 11.3 Å². The van der Waals surface area contributed by atoms with Gasteiger partial charge in [0.2, 0.25) is 0 Å². The van der Waals surface area contributed by atoms with Crippen molar-refractivity contribution >= 4 is 0 Å². The zero-order valence-corrected chi connectivity index (χ0v) is 12.4. The summed E-state index contributed by atoms with van der Waals surface area (Å²) in [5, 5.41) is 3.38. The monoisotopic (exact) mass is 267 g/mol. The van der Waals surface area contributed by atoms with Gasteiger partial charge >= 0.3 is 0 Å². The zero-order chi connectivity index (χ0) is 14.1. The average Bonchev–Trinajstić information content (AvgIpc) is 2.42. The number of benzene rings is 1. The van der Waals surface area contributed by atoms with Gasteiger partial charge in [-0.1, -0.05) is 19.9 Å². The molecule has 0 spiro atoms. The van der Waals surface area contributed by atoms with Crippen LogP contribution < -0.4 is 14.8 Å². The van der Waals surface area contributed by atoms with Crippen LogP contribution in [0.2, 0.25) is 0 Å². The molecular formula is C15H25NO3. The SMILES string of the molecule is CCOCCOc1ccc(CNC(C)C)cc1OC. The van der Waals surface area contributed by atoms with Crippen LogP contribution in [0.15, 0.2) is 18.2 Å². The molecule has 0 heterocycles. The molecule has 0 atom stereocenters. The van der Waals surface area contributed by atoms with Gasteiger partial charge in [0, 0.05) is 19.2 Å². The molecule has 108 valence electrons. The minimum absolute atomic E-state index is 0.466. The molecule has 1 rings (SSSR count). The van der Waals surface area contributed by atoms with Crippen molar-refractivity contribution in [1.82, 2.24) is 5.32 Å². The van der Waals surface area contributed by atoms with Crippen LogP contribution in [0.5, 0.6) is 11.5 Å². The van der Waals surface area contributed by atoms with Crippen molar-refractivity contribution in [3.8, 4) is 11.5 Å². The Labute approximate surface area is 116 Å². The highest BCUT2D eigenvalue weighted by atomic mass is 16.5. The highest BCUT2D eigenvalue weighted by Gasteiger charge is 2.06. The van der Waals surface area contributed by atoms with E-state index in [4.69, 9.17) is 14.2 Å². The largest absolute Gasteiger partial charge is 0.493 e. The van der Waals surface area contributed by atoms with E-state index >= 15 is 0 Å². The summed E-state index contributed by atoms with van der Waals surface area (Å²) in [6.07, 6.45) is 0. The van der Waals surface area contributed by atoms with Gasteiger partial charge in [-0.15, -0.1) is 0 Å². The van der Waals surface area contributed by atoms with Crippen LogP contribution in [0.25, 0.3) is 0 Å². The van der Waals surface area contributed by atoms with E-state index in [2.05, 4.69) is 19.2 Å². The highest BCUT2D eigenvalue weighted by molar-refractivity contribution is 5.42. The van der Waals surface area contributed by atoms with E-state index in [-0.39, 0.29) is 0 Å². The number of hydrogen-bond donors (Lipinski definition) is 1. The van der Waals surface area contributed by atoms with E-state index < -0.39 is 0 Å². The molecule has 4 heteroatoms. The van der Waals surface area contributed by atoms with Crippen molar-refractivity contribution in [2.24, 2.45) is 0 Å². The third-order valence-corrected chi connectivity index (χ3v) is 2.63. The van der Waals surface area contributed by atoms with Crippen molar-refractivity contribution < 1.29 is 14.2 Å². The predicted molar refractivity (Wildman–Crippen MR) is 77.0 cm³/mol. The van der Waals surface area contributed by atoms with Gasteiger partial charge in [-0.3, -0.25) is 0 Å². The van der Waals surface area contributed by atoms with Gasteiger partial charge in [-0.05, 0) is 24.6 Å². The van der Waals surface area contributed by atoms with Gasteiger partial charge in [0.05, 0.1) is 13.7 Å². The van der Waals surface area contributed by atoms with Crippen LogP contribution in [0.4, 0.5) is 0 Å². The molecule has 0 saturated heterocycles. The number of methoxy groups -OCH3 is 1. The van der Waals surface area contributed by atoms with Crippen LogP contribution in [-0.4, -0.2) is 33.0 Å². The Morgan fingerprint density at radius 2 is 1.95 bits per heavy atom. The quantitative estimate of drug-likeness (QED) is 0.698. The van der Waals surface area contributed by atoms with Crippen LogP contribution >= 0.6 is 0 Å². The van der Waals surface area contributed by atoms with Gasteiger partial charge in [-0.25, -0.2) is 0 Å². The third-order valence-electron chi connectivity index (χ3n) is 2.63. The van der Waals surface area contributed by atoms with Crippen LogP contribution in [0.1, 0.15) is 26.3 Å². The Hall–Kier alpha value is -1.26. The van der Waals surface area contributed by atoms with E-state index in [1.807, 2.05) is 25.1 Å². The summed E-state index contributed by atoms with van der Waals surface area (Å²) >= 11 is 0. The van der Waals surface area contributed by atoms with Gasteiger partial charge < -0.3 is 19.5 Å². The van der Waals surface area contributed by atoms with E-state index in [1.54, 1.807) is 7.11 Å². The maximum absolute atomic E-state index is 5.64. The lowest BCUT2D eigenvalue weighted by molar-refractivity contribution is 0.109. The summed E-state index contributed by atoms with van der Waals surface area (Å²) in [6.45, 7) is 8.89. The molecule has 0 aliphatic carbocycles. The summed E-state index contributed by atoms with van der Waals surface area (Å²) in [7, 11) is 1.66. The van der Waals surface area contributed by atoms with Gasteiger partial charge in [0.25, 0.3) is 0 Å². The second-order valence-electron chi connectivity index (χ2n) is 4.57. The van der Waals surface area contributed by atoms with Crippen molar-refractivity contribution in [2.75, 3.05) is 26.9 Å². The molecule has 0 aliphatic rings. The first-order chi connectivity index (χ1) is 9.17. The molecule has 0 aromatic heterocycles. The third kappa shape index (κ3) is 5.94. The Balaban J connectivity index is 2.57. The van der Waals surface area contributed by atoms with Crippen molar-refractivity contribution in [2.45, 2.75) is 33.4 Å². The van der Waals surface area contributed by atoms with E-state index in [0.717, 1.165) is 18.0 Å². The first-order valence-electron chi connectivity index (χ1n) is 6.78. The van der Waals surface area contributed by atoms with E-state index in [1.165, 1.54) is 5.56 Å². The lowest BCUT2D eigenvalue weighted by Crippen LogP contribution is -2.21. The minimum atomic E-state index is 0.466. The van der Waals surface area contributed by atoms with E-state index in [0.29, 0.717) is 25.9 Å². The van der Waals surface area contributed by atoms with Crippen LogP contribution in [0, 0.1) is 0 Å². The van der Waals surface area contributed by atoms with Gasteiger partial charge in [-0.2, -0.15) is 0 Å². The second kappa shape index (κ2) is 8.77. The van der Waals surface area contributed by atoms with Crippen molar-refractivity contribution in [3.05, 3.63) is 23.8 Å². The molecule has 0 bridgehead atoms. The maximum Gasteiger partial charge on any atom is 0.161 e. The summed E-state index contributed by atoms with van der Waals surface area (Å²) in [5.74, 6) is 1.52. The Morgan fingerprint density at radius 3 is 2.58 bits per heavy atom. The lowest BCUT2D eigenvalue weighted by Gasteiger charge is -2.13. The number of nitrogens with one attached hydrogen (secondary N) is 1. The predicted octanol–water partition coefficient (Wildman–Crippen LogP) is 2.61. The molecule has 0 amide bonds. The summed E-state index contributed by atoms with van der Waals surface area (Å²) < 4.78 is 16.2. The smallest absolute Gasteiger partial charge is 0.161 e. The first kappa shape index (κ1) is 15.8. The molecule has 0 fully saturated rings. The molecule has 1 N–H and O–H groups in total. The summed E-state index contributed by atoms with van der Waals surface area (Å²) in [6, 6.07) is 6.47. The normalized spacial score (nSPS) is 10.8.